The Bertz CT molecular complexity index is 404. The summed E-state index contributed by atoms with van der Waals surface area (Å²) >= 11 is 0. The SMILES string of the molecule is C=CCCC(C)N1CCOC(c2ccc(F)cc2)C1. The third kappa shape index (κ3) is 3.88. The molecule has 0 saturated carbocycles. The molecule has 2 unspecified atom stereocenters. The Kier molecular flexibility index (Phi) is 5.11. The molecule has 0 bridgehead atoms. The van der Waals surface area contributed by atoms with Crippen LogP contribution in [0.25, 0.3) is 0 Å². The first-order valence-corrected chi connectivity index (χ1v) is 6.92. The molecular formula is C16H22FNO. The normalized spacial score (nSPS) is 22.1. The number of morpholine rings is 1. The topological polar surface area (TPSA) is 12.5 Å². The van der Waals surface area contributed by atoms with Crippen molar-refractivity contribution in [3.63, 3.8) is 0 Å². The molecule has 1 aromatic carbocycles. The van der Waals surface area contributed by atoms with Crippen molar-refractivity contribution in [1.82, 2.24) is 4.90 Å². The Balaban J connectivity index is 1.96. The van der Waals surface area contributed by atoms with Crippen molar-refractivity contribution >= 4 is 0 Å². The predicted molar refractivity (Wildman–Crippen MR) is 75.6 cm³/mol. The Morgan fingerprint density at radius 1 is 1.47 bits per heavy atom. The van der Waals surface area contributed by atoms with Crippen molar-refractivity contribution in [3.05, 3.63) is 48.3 Å². The van der Waals surface area contributed by atoms with E-state index in [4.69, 9.17) is 4.74 Å². The molecule has 0 radical (unpaired) electrons. The van der Waals surface area contributed by atoms with Gasteiger partial charge in [0.1, 0.15) is 5.82 Å². The quantitative estimate of drug-likeness (QED) is 0.753. The van der Waals surface area contributed by atoms with Crippen LogP contribution in [0.15, 0.2) is 36.9 Å². The average Bonchev–Trinajstić information content (AvgIpc) is 2.45. The van der Waals surface area contributed by atoms with Gasteiger partial charge in [-0.05, 0) is 37.5 Å². The lowest BCUT2D eigenvalue weighted by Crippen LogP contribution is -2.43. The van der Waals surface area contributed by atoms with Crippen LogP contribution in [0.4, 0.5) is 4.39 Å². The van der Waals surface area contributed by atoms with Gasteiger partial charge in [-0.2, -0.15) is 0 Å². The Labute approximate surface area is 114 Å². The maximum Gasteiger partial charge on any atom is 0.123 e. The van der Waals surface area contributed by atoms with Crippen LogP contribution < -0.4 is 0 Å². The van der Waals surface area contributed by atoms with Crippen molar-refractivity contribution < 1.29 is 9.13 Å². The molecule has 104 valence electrons. The molecule has 0 aromatic heterocycles. The summed E-state index contributed by atoms with van der Waals surface area (Å²) in [5.74, 6) is -0.198. The first-order valence-electron chi connectivity index (χ1n) is 6.92. The van der Waals surface area contributed by atoms with Crippen LogP contribution in [0, 0.1) is 5.82 Å². The third-order valence-electron chi connectivity index (χ3n) is 3.75. The van der Waals surface area contributed by atoms with Crippen molar-refractivity contribution in [2.24, 2.45) is 0 Å². The summed E-state index contributed by atoms with van der Waals surface area (Å²) in [4.78, 5) is 2.45. The van der Waals surface area contributed by atoms with Gasteiger partial charge in [0.25, 0.3) is 0 Å². The van der Waals surface area contributed by atoms with Gasteiger partial charge in [0, 0.05) is 19.1 Å². The second-order valence-corrected chi connectivity index (χ2v) is 5.12. The van der Waals surface area contributed by atoms with Gasteiger partial charge in [-0.1, -0.05) is 18.2 Å². The number of hydrogen-bond donors (Lipinski definition) is 0. The number of allylic oxidation sites excluding steroid dienone is 1. The fourth-order valence-corrected chi connectivity index (χ4v) is 2.49. The van der Waals surface area contributed by atoms with Crippen LogP contribution in [0.3, 0.4) is 0 Å². The van der Waals surface area contributed by atoms with Crippen LogP contribution >= 0.6 is 0 Å². The Morgan fingerprint density at radius 2 is 2.21 bits per heavy atom. The van der Waals surface area contributed by atoms with Gasteiger partial charge in [0.15, 0.2) is 0 Å². The Morgan fingerprint density at radius 3 is 2.89 bits per heavy atom. The number of rotatable bonds is 5. The minimum Gasteiger partial charge on any atom is -0.371 e. The van der Waals surface area contributed by atoms with Crippen LogP contribution in [-0.4, -0.2) is 30.6 Å². The average molecular weight is 263 g/mol. The summed E-state index contributed by atoms with van der Waals surface area (Å²) in [6.07, 6.45) is 4.19. The van der Waals surface area contributed by atoms with Crippen LogP contribution in [0.1, 0.15) is 31.4 Å². The molecule has 0 amide bonds. The molecule has 19 heavy (non-hydrogen) atoms. The summed E-state index contributed by atoms with van der Waals surface area (Å²) in [7, 11) is 0. The molecule has 1 fully saturated rings. The van der Waals surface area contributed by atoms with Gasteiger partial charge < -0.3 is 4.74 Å². The van der Waals surface area contributed by atoms with E-state index in [0.29, 0.717) is 6.04 Å². The molecule has 2 atom stereocenters. The summed E-state index contributed by atoms with van der Waals surface area (Å²) in [6.45, 7) is 8.60. The van der Waals surface area contributed by atoms with Gasteiger partial charge in [-0.25, -0.2) is 4.39 Å². The molecular weight excluding hydrogens is 241 g/mol. The van der Waals surface area contributed by atoms with E-state index in [1.54, 1.807) is 0 Å². The van der Waals surface area contributed by atoms with Crippen LogP contribution in [-0.2, 0) is 4.74 Å². The van der Waals surface area contributed by atoms with Gasteiger partial charge in [0.2, 0.25) is 0 Å². The van der Waals surface area contributed by atoms with E-state index in [9.17, 15) is 4.39 Å². The smallest absolute Gasteiger partial charge is 0.123 e. The number of benzene rings is 1. The molecule has 2 rings (SSSR count). The van der Waals surface area contributed by atoms with Gasteiger partial charge in [-0.3, -0.25) is 4.90 Å². The summed E-state index contributed by atoms with van der Waals surface area (Å²) in [6, 6.07) is 7.16. The standard InChI is InChI=1S/C16H22FNO/c1-3-4-5-13(2)18-10-11-19-16(12-18)14-6-8-15(17)9-7-14/h3,6-9,13,16H,1,4-5,10-12H2,2H3. The van der Waals surface area contributed by atoms with Gasteiger partial charge in [-0.15, -0.1) is 6.58 Å². The number of nitrogens with zero attached hydrogens (tertiary/aromatic N) is 1. The van der Waals surface area contributed by atoms with E-state index in [-0.39, 0.29) is 11.9 Å². The summed E-state index contributed by atoms with van der Waals surface area (Å²) in [5, 5.41) is 0. The number of halogens is 1. The lowest BCUT2D eigenvalue weighted by Gasteiger charge is -2.37. The first-order chi connectivity index (χ1) is 9.20. The van der Waals surface area contributed by atoms with Crippen molar-refractivity contribution in [3.8, 4) is 0 Å². The minimum atomic E-state index is -0.198. The van der Waals surface area contributed by atoms with Crippen molar-refractivity contribution in [2.75, 3.05) is 19.7 Å². The summed E-state index contributed by atoms with van der Waals surface area (Å²) in [5.41, 5.74) is 1.06. The van der Waals surface area contributed by atoms with Crippen LogP contribution in [0.5, 0.6) is 0 Å². The zero-order chi connectivity index (χ0) is 13.7. The molecule has 1 aromatic rings. The lowest BCUT2D eigenvalue weighted by atomic mass is 10.1. The zero-order valence-electron chi connectivity index (χ0n) is 11.5. The van der Waals surface area contributed by atoms with E-state index in [2.05, 4.69) is 18.4 Å². The van der Waals surface area contributed by atoms with E-state index >= 15 is 0 Å². The molecule has 0 spiro atoms. The van der Waals surface area contributed by atoms with E-state index in [1.807, 2.05) is 18.2 Å². The molecule has 1 aliphatic rings. The highest BCUT2D eigenvalue weighted by Crippen LogP contribution is 2.24. The maximum atomic E-state index is 12.9. The largest absolute Gasteiger partial charge is 0.371 e. The molecule has 1 heterocycles. The second kappa shape index (κ2) is 6.83. The van der Waals surface area contributed by atoms with Gasteiger partial charge >= 0.3 is 0 Å². The highest BCUT2D eigenvalue weighted by molar-refractivity contribution is 5.19. The van der Waals surface area contributed by atoms with E-state index in [1.165, 1.54) is 12.1 Å². The first kappa shape index (κ1) is 14.2. The van der Waals surface area contributed by atoms with E-state index in [0.717, 1.165) is 38.1 Å². The highest BCUT2D eigenvalue weighted by Gasteiger charge is 2.24. The number of ether oxygens (including phenoxy) is 1. The molecule has 2 nitrogen and oxygen atoms in total. The van der Waals surface area contributed by atoms with E-state index < -0.39 is 0 Å². The monoisotopic (exact) mass is 263 g/mol. The van der Waals surface area contributed by atoms with Crippen molar-refractivity contribution in [1.29, 1.82) is 0 Å². The summed E-state index contributed by atoms with van der Waals surface area (Å²) < 4.78 is 18.7. The molecule has 0 N–H and O–H groups in total. The zero-order valence-corrected chi connectivity index (χ0v) is 11.5. The van der Waals surface area contributed by atoms with Gasteiger partial charge in [0.05, 0.1) is 12.7 Å². The minimum absolute atomic E-state index is 0.0560. The maximum absolute atomic E-state index is 12.9. The number of hydrogen-bond acceptors (Lipinski definition) is 2. The predicted octanol–water partition coefficient (Wildman–Crippen LogP) is 3.55. The fraction of sp³-hybridized carbons (Fsp3) is 0.500. The molecule has 1 aliphatic heterocycles. The molecule has 1 saturated heterocycles. The van der Waals surface area contributed by atoms with Crippen LogP contribution in [0.2, 0.25) is 0 Å². The van der Waals surface area contributed by atoms with Crippen molar-refractivity contribution in [2.45, 2.75) is 31.9 Å². The molecule has 0 aliphatic carbocycles. The third-order valence-corrected chi connectivity index (χ3v) is 3.75. The fourth-order valence-electron chi connectivity index (χ4n) is 2.49. The highest BCUT2D eigenvalue weighted by atomic mass is 19.1. The Hall–Kier alpha value is -1.19. The second-order valence-electron chi connectivity index (χ2n) is 5.12. The lowest BCUT2D eigenvalue weighted by molar-refractivity contribution is -0.0434. The molecule has 3 heteroatoms.